The average molecular weight is 342 g/mol. The number of rotatable bonds is 4. The summed E-state index contributed by atoms with van der Waals surface area (Å²) in [6, 6.07) is 5.02. The van der Waals surface area contributed by atoms with Gasteiger partial charge in [-0.15, -0.1) is 10.2 Å². The normalized spacial score (nSPS) is 12.4. The molecule has 0 fully saturated rings. The molecule has 0 amide bonds. The quantitative estimate of drug-likeness (QED) is 0.473. The molecule has 1 atom stereocenters. The van der Waals surface area contributed by atoms with Gasteiger partial charge in [0.15, 0.2) is 5.01 Å². The van der Waals surface area contributed by atoms with Crippen LogP contribution in [-0.2, 0) is 0 Å². The predicted molar refractivity (Wildman–Crippen MR) is 78.7 cm³/mol. The number of hydrogen-bond donors (Lipinski definition) is 0. The number of benzene rings is 1. The standard InChI is InChI=1S/C12H12BrN3O2S/c1-3-8(13)11-14-15-12(19-11)10-7(2)5-4-6-9(10)16(17)18/h4-6,8H,3H2,1-2H3. The smallest absolute Gasteiger partial charge is 0.258 e. The van der Waals surface area contributed by atoms with Gasteiger partial charge in [-0.25, -0.2) is 0 Å². The number of nitro benzene ring substituents is 1. The molecule has 7 heteroatoms. The zero-order valence-corrected chi connectivity index (χ0v) is 12.9. The summed E-state index contributed by atoms with van der Waals surface area (Å²) >= 11 is 4.90. The molecule has 2 aromatic rings. The topological polar surface area (TPSA) is 68.9 Å². The summed E-state index contributed by atoms with van der Waals surface area (Å²) in [4.78, 5) is 10.9. The predicted octanol–water partition coefficient (Wildman–Crippen LogP) is 4.27. The fourth-order valence-electron chi connectivity index (χ4n) is 1.72. The zero-order valence-electron chi connectivity index (χ0n) is 10.5. The molecule has 0 aliphatic rings. The van der Waals surface area contributed by atoms with Gasteiger partial charge in [-0.05, 0) is 18.9 Å². The van der Waals surface area contributed by atoms with Crippen LogP contribution in [0.25, 0.3) is 10.6 Å². The summed E-state index contributed by atoms with van der Waals surface area (Å²) in [5, 5.41) is 20.7. The van der Waals surface area contributed by atoms with Crippen LogP contribution in [0.1, 0.15) is 28.7 Å². The molecule has 1 heterocycles. The highest BCUT2D eigenvalue weighted by molar-refractivity contribution is 9.09. The van der Waals surface area contributed by atoms with Gasteiger partial charge in [-0.2, -0.15) is 0 Å². The Kier molecular flexibility index (Phi) is 4.26. The first-order valence-corrected chi connectivity index (χ1v) is 7.49. The second-order valence-electron chi connectivity index (χ2n) is 4.05. The van der Waals surface area contributed by atoms with E-state index in [1.54, 1.807) is 6.07 Å². The van der Waals surface area contributed by atoms with Gasteiger partial charge in [0, 0.05) is 6.07 Å². The van der Waals surface area contributed by atoms with Gasteiger partial charge >= 0.3 is 0 Å². The van der Waals surface area contributed by atoms with Gasteiger partial charge in [-0.3, -0.25) is 10.1 Å². The molecule has 0 aliphatic heterocycles. The van der Waals surface area contributed by atoms with Crippen molar-refractivity contribution in [2.75, 3.05) is 0 Å². The van der Waals surface area contributed by atoms with Crippen LogP contribution in [0.3, 0.4) is 0 Å². The Morgan fingerprint density at radius 3 is 2.84 bits per heavy atom. The lowest BCUT2D eigenvalue weighted by molar-refractivity contribution is -0.384. The molecular weight excluding hydrogens is 330 g/mol. The van der Waals surface area contributed by atoms with Crippen LogP contribution in [0.4, 0.5) is 5.69 Å². The number of nitrogens with zero attached hydrogens (tertiary/aromatic N) is 3. The summed E-state index contributed by atoms with van der Waals surface area (Å²) < 4.78 is 0. The molecule has 0 radical (unpaired) electrons. The van der Waals surface area contributed by atoms with Crippen LogP contribution in [0.15, 0.2) is 18.2 Å². The SMILES string of the molecule is CCC(Br)c1nnc(-c2c(C)cccc2[N+](=O)[O-])s1. The number of hydrogen-bond acceptors (Lipinski definition) is 5. The first-order valence-electron chi connectivity index (χ1n) is 5.76. The van der Waals surface area contributed by atoms with Gasteiger partial charge in [0.1, 0.15) is 5.01 Å². The summed E-state index contributed by atoms with van der Waals surface area (Å²) in [5.74, 6) is 0. The van der Waals surface area contributed by atoms with E-state index in [4.69, 9.17) is 0 Å². The molecule has 0 saturated carbocycles. The van der Waals surface area contributed by atoms with E-state index in [1.165, 1.54) is 17.4 Å². The Bertz CT molecular complexity index is 615. The number of aryl methyl sites for hydroxylation is 1. The fraction of sp³-hybridized carbons (Fsp3) is 0.333. The maximum Gasteiger partial charge on any atom is 0.279 e. The molecule has 0 spiro atoms. The molecule has 1 unspecified atom stereocenters. The highest BCUT2D eigenvalue weighted by atomic mass is 79.9. The number of nitro groups is 1. The van der Waals surface area contributed by atoms with E-state index in [-0.39, 0.29) is 15.4 Å². The molecule has 0 N–H and O–H groups in total. The van der Waals surface area contributed by atoms with Crippen LogP contribution in [0.5, 0.6) is 0 Å². The van der Waals surface area contributed by atoms with Crippen molar-refractivity contribution >= 4 is 33.0 Å². The molecule has 0 bridgehead atoms. The Hall–Kier alpha value is -1.34. The average Bonchev–Trinajstić information content (AvgIpc) is 2.86. The van der Waals surface area contributed by atoms with Gasteiger partial charge in [0.25, 0.3) is 5.69 Å². The number of aromatic nitrogens is 2. The maximum atomic E-state index is 11.1. The lowest BCUT2D eigenvalue weighted by Gasteiger charge is -2.02. The fourth-order valence-corrected chi connectivity index (χ4v) is 3.11. The molecule has 100 valence electrons. The Morgan fingerprint density at radius 2 is 2.21 bits per heavy atom. The minimum absolute atomic E-state index is 0.0744. The Balaban J connectivity index is 2.53. The van der Waals surface area contributed by atoms with E-state index in [2.05, 4.69) is 26.1 Å². The molecule has 2 rings (SSSR count). The Labute approximate surface area is 123 Å². The lowest BCUT2D eigenvalue weighted by atomic mass is 10.1. The van der Waals surface area contributed by atoms with Crippen LogP contribution >= 0.6 is 27.3 Å². The van der Waals surface area contributed by atoms with E-state index >= 15 is 0 Å². The van der Waals surface area contributed by atoms with Crippen molar-refractivity contribution in [3.8, 4) is 10.6 Å². The van der Waals surface area contributed by atoms with Gasteiger partial charge in [0.05, 0.1) is 15.3 Å². The summed E-state index contributed by atoms with van der Waals surface area (Å²) in [7, 11) is 0. The molecule has 1 aromatic heterocycles. The van der Waals surface area contributed by atoms with E-state index in [0.717, 1.165) is 17.0 Å². The molecular formula is C12H12BrN3O2S. The minimum Gasteiger partial charge on any atom is -0.258 e. The first kappa shape index (κ1) is 14.1. The van der Waals surface area contributed by atoms with Crippen molar-refractivity contribution in [2.45, 2.75) is 25.1 Å². The first-order chi connectivity index (χ1) is 9.04. The van der Waals surface area contributed by atoms with Crippen molar-refractivity contribution in [1.29, 1.82) is 0 Å². The van der Waals surface area contributed by atoms with E-state index in [0.29, 0.717) is 10.6 Å². The molecule has 19 heavy (non-hydrogen) atoms. The van der Waals surface area contributed by atoms with Crippen molar-refractivity contribution in [3.05, 3.63) is 38.9 Å². The van der Waals surface area contributed by atoms with E-state index in [1.807, 2.05) is 19.9 Å². The molecule has 0 aliphatic carbocycles. The van der Waals surface area contributed by atoms with E-state index < -0.39 is 0 Å². The van der Waals surface area contributed by atoms with Crippen molar-refractivity contribution in [3.63, 3.8) is 0 Å². The second-order valence-corrected chi connectivity index (χ2v) is 6.16. The highest BCUT2D eigenvalue weighted by Crippen LogP contribution is 2.37. The third kappa shape index (κ3) is 2.82. The van der Waals surface area contributed by atoms with Gasteiger partial charge < -0.3 is 0 Å². The van der Waals surface area contributed by atoms with Crippen LogP contribution < -0.4 is 0 Å². The van der Waals surface area contributed by atoms with E-state index in [9.17, 15) is 10.1 Å². The third-order valence-electron chi connectivity index (χ3n) is 2.73. The molecule has 1 aromatic carbocycles. The van der Waals surface area contributed by atoms with Crippen molar-refractivity contribution in [2.24, 2.45) is 0 Å². The lowest BCUT2D eigenvalue weighted by Crippen LogP contribution is -1.93. The zero-order chi connectivity index (χ0) is 14.0. The summed E-state index contributed by atoms with van der Waals surface area (Å²) in [6.07, 6.45) is 0.893. The molecule has 5 nitrogen and oxygen atoms in total. The number of halogens is 1. The summed E-state index contributed by atoms with van der Waals surface area (Å²) in [6.45, 7) is 3.88. The van der Waals surface area contributed by atoms with Crippen LogP contribution in [0, 0.1) is 17.0 Å². The van der Waals surface area contributed by atoms with Crippen molar-refractivity contribution < 1.29 is 4.92 Å². The highest BCUT2D eigenvalue weighted by Gasteiger charge is 2.22. The van der Waals surface area contributed by atoms with Crippen LogP contribution in [-0.4, -0.2) is 15.1 Å². The third-order valence-corrected chi connectivity index (χ3v) is 5.17. The number of alkyl halides is 1. The van der Waals surface area contributed by atoms with Gasteiger partial charge in [0.2, 0.25) is 0 Å². The van der Waals surface area contributed by atoms with Crippen molar-refractivity contribution in [1.82, 2.24) is 10.2 Å². The second kappa shape index (κ2) is 5.75. The molecule has 0 saturated heterocycles. The van der Waals surface area contributed by atoms with Crippen LogP contribution in [0.2, 0.25) is 0 Å². The largest absolute Gasteiger partial charge is 0.279 e. The summed E-state index contributed by atoms with van der Waals surface area (Å²) in [5.41, 5.74) is 1.47. The van der Waals surface area contributed by atoms with Gasteiger partial charge in [-0.1, -0.05) is 46.3 Å². The maximum absolute atomic E-state index is 11.1. The monoisotopic (exact) mass is 341 g/mol. The Morgan fingerprint density at radius 1 is 1.47 bits per heavy atom. The minimum atomic E-state index is -0.380.